The Balaban J connectivity index is 2.17. The number of hydrogen-bond acceptors (Lipinski definition) is 3. The molecule has 1 amide bonds. The summed E-state index contributed by atoms with van der Waals surface area (Å²) in [5.74, 6) is -0.443. The fourth-order valence-corrected chi connectivity index (χ4v) is 2.67. The topological polar surface area (TPSA) is 81.1 Å². The van der Waals surface area contributed by atoms with Crippen molar-refractivity contribution in [2.45, 2.75) is 39.2 Å². The van der Waals surface area contributed by atoms with Gasteiger partial charge in [0, 0.05) is 17.4 Å². The van der Waals surface area contributed by atoms with Crippen LogP contribution in [-0.2, 0) is 0 Å². The molecule has 0 aromatic heterocycles. The largest absolute Gasteiger partial charge is 0.399 e. The molecule has 0 aliphatic heterocycles. The van der Waals surface area contributed by atoms with Crippen LogP contribution in [0.4, 0.5) is 11.4 Å². The summed E-state index contributed by atoms with van der Waals surface area (Å²) >= 11 is 0. The second-order valence-corrected chi connectivity index (χ2v) is 5.92. The molecule has 1 fully saturated rings. The maximum absolute atomic E-state index is 11.4. The number of rotatable bonds is 3. The maximum atomic E-state index is 11.4. The van der Waals surface area contributed by atoms with Gasteiger partial charge in [0.1, 0.15) is 0 Å². The van der Waals surface area contributed by atoms with Gasteiger partial charge in [-0.15, -0.1) is 0 Å². The Hall–Kier alpha value is -1.71. The number of amides is 1. The summed E-state index contributed by atoms with van der Waals surface area (Å²) in [7, 11) is 0. The van der Waals surface area contributed by atoms with Crippen LogP contribution >= 0.6 is 0 Å². The number of nitrogen functional groups attached to an aromatic ring is 1. The number of benzene rings is 1. The predicted octanol–water partition coefficient (Wildman–Crippen LogP) is 2.36. The summed E-state index contributed by atoms with van der Waals surface area (Å²) in [4.78, 5) is 11.4. The molecule has 1 aliphatic rings. The van der Waals surface area contributed by atoms with E-state index in [1.807, 2.05) is 6.07 Å². The van der Waals surface area contributed by atoms with Crippen molar-refractivity contribution in [1.82, 2.24) is 0 Å². The van der Waals surface area contributed by atoms with Gasteiger partial charge in [-0.05, 0) is 42.9 Å². The van der Waals surface area contributed by atoms with Crippen molar-refractivity contribution in [3.8, 4) is 0 Å². The molecule has 0 saturated heterocycles. The van der Waals surface area contributed by atoms with E-state index in [9.17, 15) is 4.79 Å². The number of hydrogen-bond donors (Lipinski definition) is 3. The van der Waals surface area contributed by atoms with Crippen molar-refractivity contribution in [3.63, 3.8) is 0 Å². The maximum Gasteiger partial charge on any atom is 0.250 e. The SMILES string of the molecule is CC1(C)CCC(Nc2ccc(N)cc2C(N)=O)C1. The molecule has 5 N–H and O–H groups in total. The molecule has 1 saturated carbocycles. The molecule has 0 spiro atoms. The molecule has 98 valence electrons. The highest BCUT2D eigenvalue weighted by Gasteiger charge is 2.31. The zero-order valence-electron chi connectivity index (χ0n) is 11.0. The lowest BCUT2D eigenvalue weighted by Crippen LogP contribution is -2.21. The molecule has 1 atom stereocenters. The zero-order chi connectivity index (χ0) is 13.3. The van der Waals surface area contributed by atoms with Crippen LogP contribution in [0.1, 0.15) is 43.5 Å². The molecule has 0 bridgehead atoms. The van der Waals surface area contributed by atoms with E-state index >= 15 is 0 Å². The first-order valence-electron chi connectivity index (χ1n) is 6.33. The van der Waals surface area contributed by atoms with Crippen molar-refractivity contribution in [3.05, 3.63) is 23.8 Å². The van der Waals surface area contributed by atoms with E-state index < -0.39 is 5.91 Å². The first kappa shape index (κ1) is 12.7. The minimum Gasteiger partial charge on any atom is -0.399 e. The first-order valence-corrected chi connectivity index (χ1v) is 6.33. The fourth-order valence-electron chi connectivity index (χ4n) is 2.67. The molecular weight excluding hydrogens is 226 g/mol. The summed E-state index contributed by atoms with van der Waals surface area (Å²) in [5, 5.41) is 3.42. The van der Waals surface area contributed by atoms with E-state index in [0.717, 1.165) is 18.5 Å². The third kappa shape index (κ3) is 2.75. The van der Waals surface area contributed by atoms with Gasteiger partial charge >= 0.3 is 0 Å². The predicted molar refractivity (Wildman–Crippen MR) is 74.4 cm³/mol. The molecule has 1 aromatic carbocycles. The summed E-state index contributed by atoms with van der Waals surface area (Å²) in [6.45, 7) is 4.54. The van der Waals surface area contributed by atoms with Gasteiger partial charge in [0.15, 0.2) is 0 Å². The van der Waals surface area contributed by atoms with Crippen LogP contribution in [0.2, 0.25) is 0 Å². The Morgan fingerprint density at radius 2 is 2.17 bits per heavy atom. The Labute approximate surface area is 108 Å². The molecule has 0 radical (unpaired) electrons. The van der Waals surface area contributed by atoms with E-state index in [0.29, 0.717) is 22.7 Å². The Morgan fingerprint density at radius 1 is 1.44 bits per heavy atom. The van der Waals surface area contributed by atoms with Gasteiger partial charge in [-0.1, -0.05) is 13.8 Å². The molecule has 18 heavy (non-hydrogen) atoms. The van der Waals surface area contributed by atoms with Gasteiger partial charge in [0.2, 0.25) is 0 Å². The molecule has 2 rings (SSSR count). The second-order valence-electron chi connectivity index (χ2n) is 5.92. The molecule has 1 aromatic rings. The Kier molecular flexibility index (Phi) is 3.20. The highest BCUT2D eigenvalue weighted by atomic mass is 16.1. The minimum atomic E-state index is -0.443. The van der Waals surface area contributed by atoms with Gasteiger partial charge in [0.05, 0.1) is 5.56 Å². The lowest BCUT2D eigenvalue weighted by Gasteiger charge is -2.19. The highest BCUT2D eigenvalue weighted by molar-refractivity contribution is 5.99. The van der Waals surface area contributed by atoms with Crippen molar-refractivity contribution < 1.29 is 4.79 Å². The number of carbonyl (C=O) groups is 1. The molecule has 4 heteroatoms. The smallest absolute Gasteiger partial charge is 0.250 e. The van der Waals surface area contributed by atoms with Gasteiger partial charge < -0.3 is 16.8 Å². The van der Waals surface area contributed by atoms with Crippen LogP contribution in [0.25, 0.3) is 0 Å². The monoisotopic (exact) mass is 247 g/mol. The third-order valence-electron chi connectivity index (χ3n) is 3.64. The van der Waals surface area contributed by atoms with Gasteiger partial charge in [-0.3, -0.25) is 4.79 Å². The summed E-state index contributed by atoms with van der Waals surface area (Å²) in [6.07, 6.45) is 3.43. The number of anilines is 2. The second kappa shape index (κ2) is 4.52. The Morgan fingerprint density at radius 3 is 2.72 bits per heavy atom. The van der Waals surface area contributed by atoms with E-state index in [2.05, 4.69) is 19.2 Å². The molecule has 1 aliphatic carbocycles. The number of primary amides is 1. The van der Waals surface area contributed by atoms with Crippen LogP contribution in [0.15, 0.2) is 18.2 Å². The van der Waals surface area contributed by atoms with Crippen LogP contribution < -0.4 is 16.8 Å². The van der Waals surface area contributed by atoms with Crippen molar-refractivity contribution in [1.29, 1.82) is 0 Å². The quantitative estimate of drug-likeness (QED) is 0.717. The summed E-state index contributed by atoms with van der Waals surface area (Å²) in [5.41, 5.74) is 13.3. The van der Waals surface area contributed by atoms with Crippen molar-refractivity contribution >= 4 is 17.3 Å². The number of carbonyl (C=O) groups excluding carboxylic acids is 1. The summed E-state index contributed by atoms with van der Waals surface area (Å²) < 4.78 is 0. The third-order valence-corrected chi connectivity index (χ3v) is 3.64. The molecular formula is C14H21N3O. The van der Waals surface area contributed by atoms with Gasteiger partial charge in [0.25, 0.3) is 5.91 Å². The minimum absolute atomic E-state index is 0.373. The van der Waals surface area contributed by atoms with Gasteiger partial charge in [-0.2, -0.15) is 0 Å². The fraction of sp³-hybridized carbons (Fsp3) is 0.500. The highest BCUT2D eigenvalue weighted by Crippen LogP contribution is 2.38. The summed E-state index contributed by atoms with van der Waals surface area (Å²) in [6, 6.07) is 5.65. The van der Waals surface area contributed by atoms with Crippen molar-refractivity contribution in [2.24, 2.45) is 11.1 Å². The van der Waals surface area contributed by atoms with Crippen LogP contribution in [0.5, 0.6) is 0 Å². The van der Waals surface area contributed by atoms with Crippen LogP contribution in [-0.4, -0.2) is 11.9 Å². The average molecular weight is 247 g/mol. The molecule has 4 nitrogen and oxygen atoms in total. The molecule has 0 heterocycles. The van der Waals surface area contributed by atoms with Crippen LogP contribution in [0.3, 0.4) is 0 Å². The lowest BCUT2D eigenvalue weighted by molar-refractivity contribution is 0.100. The average Bonchev–Trinajstić information content (AvgIpc) is 2.60. The van der Waals surface area contributed by atoms with E-state index in [1.165, 1.54) is 6.42 Å². The van der Waals surface area contributed by atoms with E-state index in [1.54, 1.807) is 12.1 Å². The first-order chi connectivity index (χ1) is 8.37. The zero-order valence-corrected chi connectivity index (χ0v) is 11.0. The van der Waals surface area contributed by atoms with E-state index in [4.69, 9.17) is 11.5 Å². The normalized spacial score (nSPS) is 21.8. The van der Waals surface area contributed by atoms with Crippen LogP contribution in [0, 0.1) is 5.41 Å². The molecule has 1 unspecified atom stereocenters. The number of nitrogens with one attached hydrogen (secondary N) is 1. The van der Waals surface area contributed by atoms with E-state index in [-0.39, 0.29) is 0 Å². The Bertz CT molecular complexity index is 468. The number of nitrogens with two attached hydrogens (primary N) is 2. The van der Waals surface area contributed by atoms with Gasteiger partial charge in [-0.25, -0.2) is 0 Å². The standard InChI is InChI=1S/C14H21N3O/c1-14(2)6-5-10(8-14)17-12-4-3-9(15)7-11(12)13(16)18/h3-4,7,10,17H,5-6,8,15H2,1-2H3,(H2,16,18). The lowest BCUT2D eigenvalue weighted by atomic mass is 9.92. The van der Waals surface area contributed by atoms with Crippen molar-refractivity contribution in [2.75, 3.05) is 11.1 Å².